The van der Waals surface area contributed by atoms with Gasteiger partial charge < -0.3 is 20.1 Å². The van der Waals surface area contributed by atoms with Crippen LogP contribution in [0.2, 0.25) is 0 Å². The second kappa shape index (κ2) is 11.8. The Morgan fingerprint density at radius 1 is 1.21 bits per heavy atom. The van der Waals surface area contributed by atoms with Crippen molar-refractivity contribution in [1.29, 1.82) is 0 Å². The Morgan fingerprint density at radius 3 is 2.68 bits per heavy atom. The zero-order valence-corrected chi connectivity index (χ0v) is 16.2. The molecule has 1 heterocycles. The predicted molar refractivity (Wildman–Crippen MR) is 103 cm³/mol. The van der Waals surface area contributed by atoms with E-state index in [1.165, 1.54) is 0 Å². The van der Waals surface area contributed by atoms with Crippen LogP contribution >= 0.6 is 0 Å². The first-order valence-corrected chi connectivity index (χ1v) is 9.57. The highest BCUT2D eigenvalue weighted by Gasteiger charge is 2.26. The summed E-state index contributed by atoms with van der Waals surface area (Å²) in [7, 11) is 0. The van der Waals surface area contributed by atoms with Gasteiger partial charge in [0.2, 0.25) is 0 Å². The molecular weight excluding hydrogens is 373 g/mol. The standard InChI is InChI=1S/C19H29F3N4O2/c1-2-23-18(24-8-7-19(20,21)22)25-15-16-5-3-4-6-17(16)28-14-11-26-9-12-27-13-10-26/h3-6H,2,7-15H2,1H3,(H2,23,24,25). The number of para-hydroxylation sites is 1. The van der Waals surface area contributed by atoms with Crippen LogP contribution in [0.25, 0.3) is 0 Å². The highest BCUT2D eigenvalue weighted by atomic mass is 19.4. The largest absolute Gasteiger partial charge is 0.492 e. The lowest BCUT2D eigenvalue weighted by Crippen LogP contribution is -2.39. The first-order valence-electron chi connectivity index (χ1n) is 9.57. The number of nitrogens with zero attached hydrogens (tertiary/aromatic N) is 2. The molecule has 0 spiro atoms. The SMILES string of the molecule is CCNC(=NCc1ccccc1OCCN1CCOCC1)NCCC(F)(F)F. The molecule has 1 saturated heterocycles. The lowest BCUT2D eigenvalue weighted by atomic mass is 10.2. The number of benzene rings is 1. The lowest BCUT2D eigenvalue weighted by molar-refractivity contribution is -0.132. The molecule has 0 bridgehead atoms. The van der Waals surface area contributed by atoms with Gasteiger partial charge in [-0.2, -0.15) is 13.2 Å². The van der Waals surface area contributed by atoms with Gasteiger partial charge in [0.15, 0.2) is 5.96 Å². The number of ether oxygens (including phenoxy) is 2. The van der Waals surface area contributed by atoms with Crippen molar-refractivity contribution in [2.45, 2.75) is 26.1 Å². The fourth-order valence-corrected chi connectivity index (χ4v) is 2.71. The quantitative estimate of drug-likeness (QED) is 0.491. The topological polar surface area (TPSA) is 58.1 Å². The summed E-state index contributed by atoms with van der Waals surface area (Å²) in [6.07, 6.45) is -5.09. The van der Waals surface area contributed by atoms with Crippen LogP contribution in [-0.4, -0.2) is 69.6 Å². The predicted octanol–water partition coefficient (Wildman–Crippen LogP) is 2.41. The van der Waals surface area contributed by atoms with Crippen LogP contribution < -0.4 is 15.4 Å². The normalized spacial score (nSPS) is 16.1. The van der Waals surface area contributed by atoms with Crippen molar-refractivity contribution in [2.75, 3.05) is 52.5 Å². The van der Waals surface area contributed by atoms with E-state index in [0.717, 1.165) is 44.2 Å². The van der Waals surface area contributed by atoms with E-state index in [2.05, 4.69) is 20.5 Å². The van der Waals surface area contributed by atoms with Crippen LogP contribution in [0.1, 0.15) is 18.9 Å². The molecule has 158 valence electrons. The Balaban J connectivity index is 1.87. The minimum atomic E-state index is -4.19. The summed E-state index contributed by atoms with van der Waals surface area (Å²) >= 11 is 0. The summed E-state index contributed by atoms with van der Waals surface area (Å²) in [5.41, 5.74) is 0.887. The maximum absolute atomic E-state index is 12.3. The van der Waals surface area contributed by atoms with E-state index in [1.54, 1.807) is 0 Å². The number of alkyl halides is 3. The highest BCUT2D eigenvalue weighted by molar-refractivity contribution is 5.79. The molecule has 0 aromatic heterocycles. The molecule has 28 heavy (non-hydrogen) atoms. The van der Waals surface area contributed by atoms with Gasteiger partial charge >= 0.3 is 6.18 Å². The molecule has 2 N–H and O–H groups in total. The van der Waals surface area contributed by atoms with Crippen LogP contribution in [-0.2, 0) is 11.3 Å². The van der Waals surface area contributed by atoms with Crippen molar-refractivity contribution in [3.63, 3.8) is 0 Å². The van der Waals surface area contributed by atoms with E-state index >= 15 is 0 Å². The van der Waals surface area contributed by atoms with Crippen LogP contribution in [0.5, 0.6) is 5.75 Å². The Kier molecular flexibility index (Phi) is 9.36. The smallest absolute Gasteiger partial charge is 0.390 e. The van der Waals surface area contributed by atoms with E-state index in [4.69, 9.17) is 9.47 Å². The Morgan fingerprint density at radius 2 is 1.96 bits per heavy atom. The van der Waals surface area contributed by atoms with Crippen molar-refractivity contribution in [3.05, 3.63) is 29.8 Å². The number of rotatable bonds is 9. The Hall–Kier alpha value is -2.00. The number of hydrogen-bond donors (Lipinski definition) is 2. The number of guanidine groups is 1. The van der Waals surface area contributed by atoms with E-state index in [-0.39, 0.29) is 6.54 Å². The number of nitrogens with one attached hydrogen (secondary N) is 2. The molecule has 0 saturated carbocycles. The van der Waals surface area contributed by atoms with Crippen molar-refractivity contribution >= 4 is 5.96 Å². The highest BCUT2D eigenvalue weighted by Crippen LogP contribution is 2.19. The van der Waals surface area contributed by atoms with Crippen LogP contribution in [0.15, 0.2) is 29.3 Å². The van der Waals surface area contributed by atoms with Gasteiger partial charge in [-0.25, -0.2) is 4.99 Å². The summed E-state index contributed by atoms with van der Waals surface area (Å²) < 4.78 is 48.2. The van der Waals surface area contributed by atoms with Gasteiger partial charge in [-0.1, -0.05) is 18.2 Å². The zero-order chi connectivity index (χ0) is 20.2. The summed E-state index contributed by atoms with van der Waals surface area (Å²) in [6, 6.07) is 7.58. The van der Waals surface area contributed by atoms with Crippen molar-refractivity contribution in [1.82, 2.24) is 15.5 Å². The number of morpholine rings is 1. The van der Waals surface area contributed by atoms with Gasteiger partial charge in [-0.15, -0.1) is 0 Å². The van der Waals surface area contributed by atoms with Crippen molar-refractivity contribution < 1.29 is 22.6 Å². The molecular formula is C19H29F3N4O2. The molecule has 1 aliphatic heterocycles. The first kappa shape index (κ1) is 22.3. The maximum Gasteiger partial charge on any atom is 0.390 e. The van der Waals surface area contributed by atoms with E-state index in [0.29, 0.717) is 25.7 Å². The third kappa shape index (κ3) is 8.79. The van der Waals surface area contributed by atoms with Crippen molar-refractivity contribution in [2.24, 2.45) is 4.99 Å². The van der Waals surface area contributed by atoms with Crippen LogP contribution in [0.3, 0.4) is 0 Å². The van der Waals surface area contributed by atoms with E-state index in [1.807, 2.05) is 31.2 Å². The molecule has 2 rings (SSSR count). The molecule has 1 fully saturated rings. The van der Waals surface area contributed by atoms with Crippen LogP contribution in [0, 0.1) is 0 Å². The fourth-order valence-electron chi connectivity index (χ4n) is 2.71. The van der Waals surface area contributed by atoms with Gasteiger partial charge in [0.25, 0.3) is 0 Å². The summed E-state index contributed by atoms with van der Waals surface area (Å²) in [5, 5.41) is 5.67. The molecule has 0 unspecified atom stereocenters. The first-order chi connectivity index (χ1) is 13.5. The second-order valence-corrected chi connectivity index (χ2v) is 6.40. The average molecular weight is 402 g/mol. The van der Waals surface area contributed by atoms with Crippen molar-refractivity contribution in [3.8, 4) is 5.75 Å². The third-order valence-electron chi connectivity index (χ3n) is 4.19. The Labute approximate surface area is 164 Å². The van der Waals surface area contributed by atoms with Gasteiger partial charge in [0.1, 0.15) is 12.4 Å². The number of aliphatic imine (C=N–C) groups is 1. The average Bonchev–Trinajstić information content (AvgIpc) is 2.67. The second-order valence-electron chi connectivity index (χ2n) is 6.40. The zero-order valence-electron chi connectivity index (χ0n) is 16.2. The minimum absolute atomic E-state index is 0.215. The van der Waals surface area contributed by atoms with Gasteiger partial charge in [-0.3, -0.25) is 4.90 Å². The molecule has 0 atom stereocenters. The fraction of sp³-hybridized carbons (Fsp3) is 0.632. The number of halogens is 3. The maximum atomic E-state index is 12.3. The molecule has 0 aliphatic carbocycles. The van der Waals surface area contributed by atoms with Gasteiger partial charge in [0.05, 0.1) is 26.2 Å². The summed E-state index contributed by atoms with van der Waals surface area (Å²) in [6.45, 7) is 7.23. The molecule has 1 aromatic carbocycles. The summed E-state index contributed by atoms with van der Waals surface area (Å²) in [4.78, 5) is 6.67. The molecule has 1 aromatic rings. The lowest BCUT2D eigenvalue weighted by Gasteiger charge is -2.26. The molecule has 9 heteroatoms. The minimum Gasteiger partial charge on any atom is -0.492 e. The summed E-state index contributed by atoms with van der Waals surface area (Å²) in [5.74, 6) is 1.10. The third-order valence-corrected chi connectivity index (χ3v) is 4.19. The molecule has 1 aliphatic rings. The number of hydrogen-bond acceptors (Lipinski definition) is 4. The monoisotopic (exact) mass is 402 g/mol. The van der Waals surface area contributed by atoms with Crippen LogP contribution in [0.4, 0.5) is 13.2 Å². The molecule has 6 nitrogen and oxygen atoms in total. The van der Waals surface area contributed by atoms with E-state index < -0.39 is 12.6 Å². The molecule has 0 radical (unpaired) electrons. The van der Waals surface area contributed by atoms with Gasteiger partial charge in [0, 0.05) is 38.3 Å². The Bertz CT molecular complexity index is 605. The molecule has 0 amide bonds. The van der Waals surface area contributed by atoms with E-state index in [9.17, 15) is 13.2 Å². The van der Waals surface area contributed by atoms with Gasteiger partial charge in [-0.05, 0) is 13.0 Å².